The molecule has 0 atom stereocenters. The molecule has 7 nitrogen and oxygen atoms in total. The van der Waals surface area contributed by atoms with Crippen molar-refractivity contribution in [1.29, 1.82) is 0 Å². The standard InChI is InChI=1S/C19H33N7.HI/c1-2-20-18(24-17-7-4-3-5-8-17)21-11-12-25-13-15-26(16-14-25)19-22-9-6-10-23-19;/h6,9-10,17H,2-5,7-8,11-16H2,1H3,(H2,20,21,24);1H. The van der Waals surface area contributed by atoms with Crippen LogP contribution in [0, 0.1) is 0 Å². The highest BCUT2D eigenvalue weighted by Crippen LogP contribution is 2.17. The van der Waals surface area contributed by atoms with Gasteiger partial charge in [-0.2, -0.15) is 0 Å². The zero-order valence-corrected chi connectivity index (χ0v) is 18.8. The molecular weight excluding hydrogens is 453 g/mol. The first kappa shape index (κ1) is 22.1. The summed E-state index contributed by atoms with van der Waals surface area (Å²) in [7, 11) is 0. The van der Waals surface area contributed by atoms with Gasteiger partial charge in [-0.25, -0.2) is 9.97 Å². The molecule has 0 spiro atoms. The smallest absolute Gasteiger partial charge is 0.225 e. The maximum absolute atomic E-state index is 4.79. The van der Waals surface area contributed by atoms with E-state index in [1.807, 2.05) is 18.5 Å². The first-order valence-electron chi connectivity index (χ1n) is 10.1. The lowest BCUT2D eigenvalue weighted by atomic mass is 9.96. The van der Waals surface area contributed by atoms with Gasteiger partial charge in [0.25, 0.3) is 0 Å². The van der Waals surface area contributed by atoms with Crippen molar-refractivity contribution >= 4 is 35.9 Å². The summed E-state index contributed by atoms with van der Waals surface area (Å²) in [5, 5.41) is 7.01. The second-order valence-corrected chi connectivity index (χ2v) is 7.12. The lowest BCUT2D eigenvalue weighted by Gasteiger charge is -2.34. The molecule has 1 aliphatic heterocycles. The molecule has 0 radical (unpaired) electrons. The molecule has 1 saturated carbocycles. The van der Waals surface area contributed by atoms with Gasteiger partial charge in [0, 0.05) is 57.7 Å². The van der Waals surface area contributed by atoms with Gasteiger partial charge in [0.15, 0.2) is 5.96 Å². The number of anilines is 1. The Bertz CT molecular complexity index is 540. The predicted molar refractivity (Wildman–Crippen MR) is 122 cm³/mol. The zero-order valence-electron chi connectivity index (χ0n) is 16.4. The molecule has 2 fully saturated rings. The van der Waals surface area contributed by atoms with Crippen LogP contribution in [0.4, 0.5) is 5.95 Å². The molecule has 0 unspecified atom stereocenters. The van der Waals surface area contributed by atoms with E-state index in [2.05, 4.69) is 37.3 Å². The molecule has 152 valence electrons. The van der Waals surface area contributed by atoms with E-state index >= 15 is 0 Å². The van der Waals surface area contributed by atoms with E-state index in [9.17, 15) is 0 Å². The molecule has 1 saturated heterocycles. The third-order valence-electron chi connectivity index (χ3n) is 5.18. The van der Waals surface area contributed by atoms with Crippen LogP contribution in [0.5, 0.6) is 0 Å². The first-order chi connectivity index (χ1) is 12.8. The SMILES string of the molecule is CCNC(=NCCN1CCN(c2ncccn2)CC1)NC1CCCCC1.I. The van der Waals surface area contributed by atoms with E-state index in [1.54, 1.807) is 0 Å². The Morgan fingerprint density at radius 3 is 2.48 bits per heavy atom. The molecule has 0 amide bonds. The van der Waals surface area contributed by atoms with Crippen molar-refractivity contribution in [2.45, 2.75) is 45.1 Å². The van der Waals surface area contributed by atoms with Gasteiger partial charge in [-0.1, -0.05) is 19.3 Å². The quantitative estimate of drug-likeness (QED) is 0.364. The predicted octanol–water partition coefficient (Wildman–Crippen LogP) is 2.10. The van der Waals surface area contributed by atoms with Crippen molar-refractivity contribution in [3.05, 3.63) is 18.5 Å². The molecule has 1 aliphatic carbocycles. The molecule has 2 heterocycles. The van der Waals surface area contributed by atoms with Gasteiger partial charge in [0.2, 0.25) is 5.95 Å². The molecule has 27 heavy (non-hydrogen) atoms. The number of aromatic nitrogens is 2. The van der Waals surface area contributed by atoms with Crippen LogP contribution in [0.1, 0.15) is 39.0 Å². The van der Waals surface area contributed by atoms with Gasteiger partial charge in [0.05, 0.1) is 6.54 Å². The minimum absolute atomic E-state index is 0. The number of aliphatic imine (C=N–C) groups is 1. The highest BCUT2D eigenvalue weighted by molar-refractivity contribution is 14.0. The lowest BCUT2D eigenvalue weighted by Crippen LogP contribution is -2.48. The van der Waals surface area contributed by atoms with Crippen molar-refractivity contribution < 1.29 is 0 Å². The van der Waals surface area contributed by atoms with Crippen molar-refractivity contribution in [2.24, 2.45) is 4.99 Å². The number of piperazine rings is 1. The summed E-state index contributed by atoms with van der Waals surface area (Å²) in [6.07, 6.45) is 10.2. The Hall–Kier alpha value is -1.16. The third-order valence-corrected chi connectivity index (χ3v) is 5.18. The zero-order chi connectivity index (χ0) is 18.0. The van der Waals surface area contributed by atoms with E-state index in [0.717, 1.165) is 57.7 Å². The van der Waals surface area contributed by atoms with Crippen molar-refractivity contribution in [1.82, 2.24) is 25.5 Å². The van der Waals surface area contributed by atoms with Crippen LogP contribution in [-0.2, 0) is 0 Å². The molecule has 2 N–H and O–H groups in total. The molecule has 0 aromatic carbocycles. The Morgan fingerprint density at radius 1 is 1.11 bits per heavy atom. The van der Waals surface area contributed by atoms with Crippen LogP contribution in [-0.4, -0.2) is 72.7 Å². The summed E-state index contributed by atoms with van der Waals surface area (Å²) in [6.45, 7) is 8.93. The molecule has 3 rings (SSSR count). The fraction of sp³-hybridized carbons (Fsp3) is 0.737. The number of hydrogen-bond donors (Lipinski definition) is 2. The van der Waals surface area contributed by atoms with E-state index in [4.69, 9.17) is 4.99 Å². The Morgan fingerprint density at radius 2 is 1.81 bits per heavy atom. The van der Waals surface area contributed by atoms with Crippen molar-refractivity contribution in [3.8, 4) is 0 Å². The average molecular weight is 487 g/mol. The van der Waals surface area contributed by atoms with E-state index in [0.29, 0.717) is 6.04 Å². The van der Waals surface area contributed by atoms with Gasteiger partial charge in [0.1, 0.15) is 0 Å². The van der Waals surface area contributed by atoms with Gasteiger partial charge in [-0.15, -0.1) is 24.0 Å². The monoisotopic (exact) mass is 487 g/mol. The first-order valence-corrected chi connectivity index (χ1v) is 10.1. The molecule has 1 aromatic heterocycles. The van der Waals surface area contributed by atoms with E-state index in [1.165, 1.54) is 32.1 Å². The summed E-state index contributed by atoms with van der Waals surface area (Å²) in [5.74, 6) is 1.83. The van der Waals surface area contributed by atoms with Gasteiger partial charge < -0.3 is 15.5 Å². The van der Waals surface area contributed by atoms with Crippen LogP contribution in [0.2, 0.25) is 0 Å². The molecule has 1 aromatic rings. The Balaban J connectivity index is 0.00000261. The number of nitrogens with one attached hydrogen (secondary N) is 2. The fourth-order valence-electron chi connectivity index (χ4n) is 3.69. The van der Waals surface area contributed by atoms with Crippen molar-refractivity contribution in [2.75, 3.05) is 50.7 Å². The summed E-state index contributed by atoms with van der Waals surface area (Å²) < 4.78 is 0. The maximum Gasteiger partial charge on any atom is 0.225 e. The lowest BCUT2D eigenvalue weighted by molar-refractivity contribution is 0.263. The summed E-state index contributed by atoms with van der Waals surface area (Å²) in [6, 6.07) is 2.46. The molecule has 2 aliphatic rings. The van der Waals surface area contributed by atoms with Crippen LogP contribution in [0.3, 0.4) is 0 Å². The second-order valence-electron chi connectivity index (χ2n) is 7.12. The number of hydrogen-bond acceptors (Lipinski definition) is 5. The highest BCUT2D eigenvalue weighted by atomic mass is 127. The largest absolute Gasteiger partial charge is 0.357 e. The normalized spacial score (nSPS) is 19.4. The molecule has 8 heteroatoms. The Kier molecular flexibility index (Phi) is 10.1. The van der Waals surface area contributed by atoms with Crippen LogP contribution < -0.4 is 15.5 Å². The van der Waals surface area contributed by atoms with Crippen LogP contribution in [0.25, 0.3) is 0 Å². The number of rotatable bonds is 6. The number of halogens is 1. The van der Waals surface area contributed by atoms with Crippen molar-refractivity contribution in [3.63, 3.8) is 0 Å². The molecule has 0 bridgehead atoms. The topological polar surface area (TPSA) is 68.7 Å². The van der Waals surface area contributed by atoms with E-state index in [-0.39, 0.29) is 24.0 Å². The van der Waals surface area contributed by atoms with E-state index < -0.39 is 0 Å². The minimum Gasteiger partial charge on any atom is -0.357 e. The summed E-state index contributed by atoms with van der Waals surface area (Å²) in [4.78, 5) is 18.2. The van der Waals surface area contributed by atoms with Crippen LogP contribution >= 0.6 is 24.0 Å². The number of nitrogens with zero attached hydrogens (tertiary/aromatic N) is 5. The number of guanidine groups is 1. The second kappa shape index (κ2) is 12.3. The third kappa shape index (κ3) is 7.40. The van der Waals surface area contributed by atoms with Gasteiger partial charge in [-0.3, -0.25) is 9.89 Å². The minimum atomic E-state index is 0. The van der Waals surface area contributed by atoms with Gasteiger partial charge >= 0.3 is 0 Å². The molecular formula is C19H34IN7. The van der Waals surface area contributed by atoms with Crippen LogP contribution in [0.15, 0.2) is 23.5 Å². The summed E-state index contributed by atoms with van der Waals surface area (Å²) >= 11 is 0. The Labute approximate surface area is 180 Å². The highest BCUT2D eigenvalue weighted by Gasteiger charge is 2.18. The summed E-state index contributed by atoms with van der Waals surface area (Å²) in [5.41, 5.74) is 0. The average Bonchev–Trinajstić information content (AvgIpc) is 2.70. The fourth-order valence-corrected chi connectivity index (χ4v) is 3.69. The maximum atomic E-state index is 4.79. The van der Waals surface area contributed by atoms with Gasteiger partial charge in [-0.05, 0) is 25.8 Å².